The van der Waals surface area contributed by atoms with Gasteiger partial charge >= 0.3 is 0 Å². The van der Waals surface area contributed by atoms with Crippen LogP contribution >= 0.6 is 0 Å². The van der Waals surface area contributed by atoms with Crippen LogP contribution in [0.1, 0.15) is 44.7 Å². The Kier molecular flexibility index (Phi) is 4.70. The lowest BCUT2D eigenvalue weighted by atomic mass is 9.51. The number of carbonyl (C=O) groups excluding carboxylic acids is 2. The summed E-state index contributed by atoms with van der Waals surface area (Å²) in [7, 11) is -3.56. The molecule has 9 heteroatoms. The van der Waals surface area contributed by atoms with Crippen LogP contribution in [0.3, 0.4) is 0 Å². The zero-order chi connectivity index (χ0) is 22.1. The molecule has 0 saturated carbocycles. The number of phenolic OH excluding ortho intramolecular Hbond substituents is 1. The Labute approximate surface area is 177 Å². The third-order valence-electron chi connectivity index (χ3n) is 7.67. The van der Waals surface area contributed by atoms with Crippen LogP contribution in [-0.2, 0) is 31.4 Å². The topological polar surface area (TPSA) is 116 Å². The fraction of sp³-hybridized carbons (Fsp3) is 0.619. The summed E-state index contributed by atoms with van der Waals surface area (Å²) in [6.45, 7) is 7.06. The number of phenols is 1. The number of rotatable bonds is 3. The molecule has 2 heterocycles. The van der Waals surface area contributed by atoms with E-state index in [-0.39, 0.29) is 34.9 Å². The predicted octanol–water partition coefficient (Wildman–Crippen LogP) is 0.639. The molecule has 1 aliphatic carbocycles. The molecule has 164 valence electrons. The van der Waals surface area contributed by atoms with Gasteiger partial charge in [0.1, 0.15) is 17.8 Å². The number of fused-ring (bicyclic) bond motifs is 4. The highest BCUT2D eigenvalue weighted by atomic mass is 32.2. The minimum atomic E-state index is -3.56. The van der Waals surface area contributed by atoms with Crippen molar-refractivity contribution in [3.05, 3.63) is 29.3 Å². The molecular weight excluding hydrogens is 406 g/mol. The van der Waals surface area contributed by atoms with Gasteiger partial charge in [0, 0.05) is 24.4 Å². The van der Waals surface area contributed by atoms with Gasteiger partial charge in [-0.15, -0.1) is 0 Å². The van der Waals surface area contributed by atoms with Gasteiger partial charge in [-0.2, -0.15) is 0 Å². The van der Waals surface area contributed by atoms with Crippen molar-refractivity contribution in [3.8, 4) is 5.75 Å². The van der Waals surface area contributed by atoms with Crippen LogP contribution in [0.25, 0.3) is 0 Å². The molecule has 3 aliphatic rings. The SMILES string of the molecule is CC1(C)[C@H]2Cc3c(O)cccc3[C@]1(C)CCN2C(=O)[C@@H]1C[C@H](NS(C)(=O)=O)C(=O)N1. The maximum Gasteiger partial charge on any atom is 0.245 e. The highest BCUT2D eigenvalue weighted by Gasteiger charge is 2.58. The molecular formula is C21H29N3O5S. The molecule has 30 heavy (non-hydrogen) atoms. The smallest absolute Gasteiger partial charge is 0.245 e. The predicted molar refractivity (Wildman–Crippen MR) is 111 cm³/mol. The number of carbonyl (C=O) groups is 2. The monoisotopic (exact) mass is 435 g/mol. The summed E-state index contributed by atoms with van der Waals surface area (Å²) in [4.78, 5) is 27.5. The Hall–Kier alpha value is -2.13. The van der Waals surface area contributed by atoms with Crippen molar-refractivity contribution in [2.75, 3.05) is 12.8 Å². The van der Waals surface area contributed by atoms with E-state index >= 15 is 0 Å². The zero-order valence-electron chi connectivity index (χ0n) is 17.7. The molecule has 0 spiro atoms. The van der Waals surface area contributed by atoms with Gasteiger partial charge in [0.15, 0.2) is 0 Å². The molecule has 0 unspecified atom stereocenters. The molecule has 8 nitrogen and oxygen atoms in total. The third kappa shape index (κ3) is 3.10. The van der Waals surface area contributed by atoms with E-state index in [1.54, 1.807) is 6.07 Å². The van der Waals surface area contributed by atoms with Crippen molar-refractivity contribution in [2.45, 2.75) is 63.6 Å². The lowest BCUT2D eigenvalue weighted by Gasteiger charge is -2.61. The van der Waals surface area contributed by atoms with Crippen molar-refractivity contribution >= 4 is 21.8 Å². The van der Waals surface area contributed by atoms with E-state index in [1.807, 2.05) is 11.0 Å². The van der Waals surface area contributed by atoms with Gasteiger partial charge in [-0.05, 0) is 35.4 Å². The number of nitrogens with one attached hydrogen (secondary N) is 2. The van der Waals surface area contributed by atoms with Crippen LogP contribution in [0.15, 0.2) is 18.2 Å². The van der Waals surface area contributed by atoms with E-state index in [0.29, 0.717) is 13.0 Å². The van der Waals surface area contributed by atoms with Crippen molar-refractivity contribution < 1.29 is 23.1 Å². The zero-order valence-corrected chi connectivity index (χ0v) is 18.5. The molecule has 4 rings (SSSR count). The molecule has 0 radical (unpaired) electrons. The summed E-state index contributed by atoms with van der Waals surface area (Å²) in [5.74, 6) is -0.424. The third-order valence-corrected chi connectivity index (χ3v) is 8.38. The number of piperidine rings is 1. The number of sulfonamides is 1. The molecule has 2 bridgehead atoms. The molecule has 1 aromatic carbocycles. The summed E-state index contributed by atoms with van der Waals surface area (Å²) in [5, 5.41) is 13.1. The standard InChI is InChI=1S/C21H29N3O5S/c1-20(2)17-10-12-13(6-5-7-16(12)25)21(20,3)8-9-24(17)19(27)15-11-14(18(26)22-15)23-30(4,28)29/h5-7,14-15,17,23,25H,8-11H2,1-4H3,(H,22,26)/t14-,15-,17+,21-/m0/s1. The van der Waals surface area contributed by atoms with Crippen molar-refractivity contribution in [2.24, 2.45) is 5.41 Å². The quantitative estimate of drug-likeness (QED) is 0.644. The maximum atomic E-state index is 13.4. The molecule has 2 amide bonds. The van der Waals surface area contributed by atoms with Gasteiger partial charge in [-0.25, -0.2) is 13.1 Å². The first-order valence-electron chi connectivity index (χ1n) is 10.2. The minimum Gasteiger partial charge on any atom is -0.508 e. The number of amides is 2. The van der Waals surface area contributed by atoms with Crippen LogP contribution in [0.2, 0.25) is 0 Å². The van der Waals surface area contributed by atoms with E-state index in [9.17, 15) is 23.1 Å². The van der Waals surface area contributed by atoms with Gasteiger partial charge in [0.2, 0.25) is 21.8 Å². The molecule has 0 aromatic heterocycles. The van der Waals surface area contributed by atoms with Gasteiger partial charge in [-0.3, -0.25) is 9.59 Å². The number of hydrogen-bond acceptors (Lipinski definition) is 5. The van der Waals surface area contributed by atoms with Gasteiger partial charge in [0.25, 0.3) is 0 Å². The molecule has 3 N–H and O–H groups in total. The van der Waals surface area contributed by atoms with E-state index in [1.165, 1.54) is 0 Å². The van der Waals surface area contributed by atoms with E-state index < -0.39 is 28.0 Å². The molecule has 4 atom stereocenters. The van der Waals surface area contributed by atoms with E-state index in [0.717, 1.165) is 23.8 Å². The number of likely N-dealkylation sites (tertiary alicyclic amines) is 1. The van der Waals surface area contributed by atoms with E-state index in [4.69, 9.17) is 0 Å². The Bertz CT molecular complexity index is 1020. The van der Waals surface area contributed by atoms with Crippen LogP contribution < -0.4 is 10.0 Å². The van der Waals surface area contributed by atoms with Gasteiger partial charge in [0.05, 0.1) is 6.26 Å². The number of nitrogens with zero attached hydrogens (tertiary/aromatic N) is 1. The number of aromatic hydroxyl groups is 1. The second-order valence-electron chi connectivity index (χ2n) is 9.60. The molecule has 2 aliphatic heterocycles. The Morgan fingerprint density at radius 3 is 2.67 bits per heavy atom. The van der Waals surface area contributed by atoms with Crippen molar-refractivity contribution in [3.63, 3.8) is 0 Å². The summed E-state index contributed by atoms with van der Waals surface area (Å²) in [5.41, 5.74) is 1.59. The molecule has 1 aromatic rings. The highest BCUT2D eigenvalue weighted by Crippen LogP contribution is 2.57. The van der Waals surface area contributed by atoms with Crippen LogP contribution in [-0.4, -0.2) is 61.2 Å². The largest absolute Gasteiger partial charge is 0.508 e. The summed E-state index contributed by atoms with van der Waals surface area (Å²) >= 11 is 0. The molecule has 2 saturated heterocycles. The molecule has 2 fully saturated rings. The first kappa shape index (κ1) is 21.1. The fourth-order valence-electron chi connectivity index (χ4n) is 5.59. The van der Waals surface area contributed by atoms with Gasteiger partial charge in [-0.1, -0.05) is 32.9 Å². The summed E-state index contributed by atoms with van der Waals surface area (Å²) in [6, 6.07) is 3.79. The number of hydrogen-bond donors (Lipinski definition) is 3. The summed E-state index contributed by atoms with van der Waals surface area (Å²) < 4.78 is 25.3. The van der Waals surface area contributed by atoms with Crippen molar-refractivity contribution in [1.29, 1.82) is 0 Å². The lowest BCUT2D eigenvalue weighted by molar-refractivity contribution is -0.146. The Morgan fingerprint density at radius 2 is 2.00 bits per heavy atom. The van der Waals surface area contributed by atoms with Crippen LogP contribution in [0, 0.1) is 5.41 Å². The lowest BCUT2D eigenvalue weighted by Crippen LogP contribution is -2.66. The normalized spacial score (nSPS) is 32.5. The van der Waals surface area contributed by atoms with Gasteiger partial charge < -0.3 is 15.3 Å². The fourth-order valence-corrected chi connectivity index (χ4v) is 6.31. The van der Waals surface area contributed by atoms with Crippen LogP contribution in [0.5, 0.6) is 5.75 Å². The average Bonchev–Trinajstić information content (AvgIpc) is 2.97. The maximum absolute atomic E-state index is 13.4. The highest BCUT2D eigenvalue weighted by molar-refractivity contribution is 7.88. The van der Waals surface area contributed by atoms with E-state index in [2.05, 4.69) is 36.9 Å². The summed E-state index contributed by atoms with van der Waals surface area (Å²) in [6.07, 6.45) is 2.37. The second-order valence-corrected chi connectivity index (χ2v) is 11.4. The van der Waals surface area contributed by atoms with Crippen molar-refractivity contribution in [1.82, 2.24) is 14.9 Å². The number of benzene rings is 1. The Morgan fingerprint density at radius 1 is 1.30 bits per heavy atom. The first-order valence-corrected chi connectivity index (χ1v) is 12.1. The second kappa shape index (κ2) is 6.68. The Balaban J connectivity index is 1.63. The minimum absolute atomic E-state index is 0.0908. The first-order chi connectivity index (χ1) is 13.8. The average molecular weight is 436 g/mol. The van der Waals surface area contributed by atoms with Crippen LogP contribution in [0.4, 0.5) is 0 Å².